The molecule has 0 aliphatic carbocycles. The molecule has 7 nitrogen and oxygen atoms in total. The highest BCUT2D eigenvalue weighted by molar-refractivity contribution is 6.13. The predicted octanol–water partition coefficient (Wildman–Crippen LogP) is -0.275. The maximum Gasteiger partial charge on any atom is 0.344 e. The number of hydrogen-bond acceptors (Lipinski definition) is 5. The van der Waals surface area contributed by atoms with Crippen LogP contribution in [0.15, 0.2) is 11.3 Å². The molecule has 7 heteroatoms. The van der Waals surface area contributed by atoms with Crippen molar-refractivity contribution in [3.8, 4) is 0 Å². The Balaban J connectivity index is 2.84. The van der Waals surface area contributed by atoms with Crippen LogP contribution in [-0.4, -0.2) is 40.8 Å². The van der Waals surface area contributed by atoms with Gasteiger partial charge in [0.2, 0.25) is 0 Å². The minimum atomic E-state index is -1.52. The zero-order valence-electron chi connectivity index (χ0n) is 9.23. The topological polar surface area (TPSA) is 113 Å². The summed E-state index contributed by atoms with van der Waals surface area (Å²) >= 11 is 0. The van der Waals surface area contributed by atoms with E-state index in [1.54, 1.807) is 6.92 Å². The summed E-state index contributed by atoms with van der Waals surface area (Å²) in [4.78, 5) is 32.8. The minimum absolute atomic E-state index is 0.0584. The molecule has 0 radical (unpaired) electrons. The number of nitrogens with one attached hydrogen (secondary N) is 1. The number of hydrogen-bond donors (Lipinski definition) is 3. The zero-order chi connectivity index (χ0) is 13.0. The number of allylic oxidation sites excluding steroid dienone is 1. The molecule has 0 amide bonds. The van der Waals surface area contributed by atoms with Crippen molar-refractivity contribution in [1.29, 1.82) is 0 Å². The van der Waals surface area contributed by atoms with Gasteiger partial charge in [0.1, 0.15) is 6.04 Å². The minimum Gasteiger partial charge on any atom is -0.477 e. The van der Waals surface area contributed by atoms with Crippen molar-refractivity contribution < 1.29 is 29.3 Å². The first-order valence-electron chi connectivity index (χ1n) is 5.10. The SMILES string of the molecule is CCOC(=O)[C@@H]1CCC(=C(C(=O)O)C(=O)O)N1. The number of carbonyl (C=O) groups excluding carboxylic acids is 1. The summed E-state index contributed by atoms with van der Waals surface area (Å²) in [7, 11) is 0. The lowest BCUT2D eigenvalue weighted by molar-refractivity contribution is -0.145. The number of rotatable bonds is 4. The number of ether oxygens (including phenoxy) is 1. The summed E-state index contributed by atoms with van der Waals surface area (Å²) in [6.07, 6.45) is 0.537. The van der Waals surface area contributed by atoms with E-state index in [-0.39, 0.29) is 18.7 Å². The van der Waals surface area contributed by atoms with Crippen LogP contribution in [0.5, 0.6) is 0 Å². The summed E-state index contributed by atoms with van der Waals surface area (Å²) < 4.78 is 4.76. The Morgan fingerprint density at radius 3 is 2.41 bits per heavy atom. The van der Waals surface area contributed by atoms with Crippen LogP contribution in [-0.2, 0) is 19.1 Å². The number of carboxylic acid groups (broad SMARTS) is 2. The van der Waals surface area contributed by atoms with Gasteiger partial charge in [-0.05, 0) is 19.8 Å². The second-order valence-electron chi connectivity index (χ2n) is 3.45. The average Bonchev–Trinajstić information content (AvgIpc) is 2.66. The second kappa shape index (κ2) is 5.33. The molecular weight excluding hydrogens is 230 g/mol. The Kier molecular flexibility index (Phi) is 4.08. The molecule has 1 atom stereocenters. The van der Waals surface area contributed by atoms with E-state index in [1.165, 1.54) is 0 Å². The highest BCUT2D eigenvalue weighted by atomic mass is 16.5. The van der Waals surface area contributed by atoms with Gasteiger partial charge >= 0.3 is 17.9 Å². The summed E-state index contributed by atoms with van der Waals surface area (Å²) in [5, 5.41) is 20.1. The average molecular weight is 243 g/mol. The Labute approximate surface area is 97.1 Å². The molecule has 0 spiro atoms. The number of carboxylic acids is 2. The van der Waals surface area contributed by atoms with Gasteiger partial charge in [0.15, 0.2) is 5.57 Å². The lowest BCUT2D eigenvalue weighted by Gasteiger charge is -2.10. The Morgan fingerprint density at radius 2 is 1.94 bits per heavy atom. The first-order chi connectivity index (χ1) is 7.97. The van der Waals surface area contributed by atoms with Crippen molar-refractivity contribution in [2.45, 2.75) is 25.8 Å². The standard InChI is InChI=1S/C10H13NO6/c1-2-17-10(16)6-4-3-5(11-6)7(8(12)13)9(14)15/h6,11H,2-4H2,1H3,(H,12,13)(H,14,15)/t6-/m0/s1. The van der Waals surface area contributed by atoms with Crippen LogP contribution in [0.4, 0.5) is 0 Å². The van der Waals surface area contributed by atoms with Crippen LogP contribution < -0.4 is 5.32 Å². The highest BCUT2D eigenvalue weighted by Crippen LogP contribution is 2.20. The van der Waals surface area contributed by atoms with Crippen molar-refractivity contribution >= 4 is 17.9 Å². The third-order valence-electron chi connectivity index (χ3n) is 2.33. The van der Waals surface area contributed by atoms with Crippen LogP contribution in [0, 0.1) is 0 Å². The van der Waals surface area contributed by atoms with Gasteiger partial charge in [0.25, 0.3) is 0 Å². The van der Waals surface area contributed by atoms with Gasteiger partial charge in [-0.25, -0.2) is 14.4 Å². The molecule has 0 aromatic rings. The van der Waals surface area contributed by atoms with E-state index in [2.05, 4.69) is 5.32 Å². The van der Waals surface area contributed by atoms with Crippen molar-refractivity contribution in [2.24, 2.45) is 0 Å². The van der Waals surface area contributed by atoms with E-state index < -0.39 is 29.5 Å². The number of carbonyl (C=O) groups is 3. The van der Waals surface area contributed by atoms with Crippen molar-refractivity contribution in [2.75, 3.05) is 6.61 Å². The fourth-order valence-electron chi connectivity index (χ4n) is 1.61. The Morgan fingerprint density at radius 1 is 1.35 bits per heavy atom. The van der Waals surface area contributed by atoms with Crippen molar-refractivity contribution in [3.05, 3.63) is 11.3 Å². The molecule has 0 bridgehead atoms. The third-order valence-corrected chi connectivity index (χ3v) is 2.33. The summed E-state index contributed by atoms with van der Waals surface area (Å²) in [6, 6.07) is -0.668. The Bertz CT molecular complexity index is 370. The van der Waals surface area contributed by atoms with Crippen molar-refractivity contribution in [3.63, 3.8) is 0 Å². The van der Waals surface area contributed by atoms with Gasteiger partial charge in [-0.15, -0.1) is 0 Å². The molecular formula is C10H13NO6. The molecule has 0 saturated carbocycles. The first kappa shape index (κ1) is 13.0. The highest BCUT2D eigenvalue weighted by Gasteiger charge is 2.32. The third kappa shape index (κ3) is 2.96. The predicted molar refractivity (Wildman–Crippen MR) is 55.1 cm³/mol. The molecule has 94 valence electrons. The van der Waals surface area contributed by atoms with Gasteiger partial charge in [-0.2, -0.15) is 0 Å². The summed E-state index contributed by atoms with van der Waals surface area (Å²) in [5.74, 6) is -3.55. The van der Waals surface area contributed by atoms with Gasteiger partial charge in [-0.3, -0.25) is 0 Å². The van der Waals surface area contributed by atoms with Gasteiger partial charge < -0.3 is 20.3 Å². The molecule has 1 aliphatic heterocycles. The molecule has 1 fully saturated rings. The normalized spacial score (nSPS) is 18.4. The van der Waals surface area contributed by atoms with Crippen LogP contribution in [0.2, 0.25) is 0 Å². The zero-order valence-corrected chi connectivity index (χ0v) is 9.23. The van der Waals surface area contributed by atoms with E-state index in [4.69, 9.17) is 14.9 Å². The van der Waals surface area contributed by atoms with Gasteiger partial charge in [-0.1, -0.05) is 0 Å². The maximum atomic E-state index is 11.4. The lowest BCUT2D eigenvalue weighted by Crippen LogP contribution is -2.33. The smallest absolute Gasteiger partial charge is 0.344 e. The fourth-order valence-corrected chi connectivity index (χ4v) is 1.61. The lowest BCUT2D eigenvalue weighted by atomic mass is 10.1. The molecule has 0 aromatic heterocycles. The largest absolute Gasteiger partial charge is 0.477 e. The van der Waals surface area contributed by atoms with E-state index >= 15 is 0 Å². The summed E-state index contributed by atoms with van der Waals surface area (Å²) in [6.45, 7) is 1.88. The van der Waals surface area contributed by atoms with Gasteiger partial charge in [0.05, 0.1) is 6.61 Å². The van der Waals surface area contributed by atoms with E-state index in [0.717, 1.165) is 0 Å². The van der Waals surface area contributed by atoms with Crippen LogP contribution in [0.1, 0.15) is 19.8 Å². The molecule has 1 saturated heterocycles. The molecule has 1 heterocycles. The van der Waals surface area contributed by atoms with Crippen LogP contribution in [0.3, 0.4) is 0 Å². The first-order valence-corrected chi connectivity index (χ1v) is 5.10. The van der Waals surface area contributed by atoms with Crippen LogP contribution in [0.25, 0.3) is 0 Å². The molecule has 0 aromatic carbocycles. The van der Waals surface area contributed by atoms with E-state index in [1.807, 2.05) is 0 Å². The molecule has 1 aliphatic rings. The van der Waals surface area contributed by atoms with Gasteiger partial charge in [0, 0.05) is 5.70 Å². The molecule has 0 unspecified atom stereocenters. The second-order valence-corrected chi connectivity index (χ2v) is 3.45. The quantitative estimate of drug-likeness (QED) is 0.269. The van der Waals surface area contributed by atoms with E-state index in [0.29, 0.717) is 6.42 Å². The van der Waals surface area contributed by atoms with Crippen LogP contribution >= 0.6 is 0 Å². The Hall–Kier alpha value is -2.05. The number of esters is 1. The van der Waals surface area contributed by atoms with Crippen molar-refractivity contribution in [1.82, 2.24) is 5.32 Å². The molecule has 1 rings (SSSR count). The summed E-state index contributed by atoms with van der Waals surface area (Å²) in [5.41, 5.74) is -0.667. The fraction of sp³-hybridized carbons (Fsp3) is 0.500. The monoisotopic (exact) mass is 243 g/mol. The van der Waals surface area contributed by atoms with E-state index in [9.17, 15) is 14.4 Å². The maximum absolute atomic E-state index is 11.4. The number of aliphatic carboxylic acids is 2. The molecule has 3 N–H and O–H groups in total. The molecule has 17 heavy (non-hydrogen) atoms.